The lowest BCUT2D eigenvalue weighted by Gasteiger charge is -2.34. The molecule has 1 N–H and O–H groups in total. The first-order valence-corrected chi connectivity index (χ1v) is 10.9. The van der Waals surface area contributed by atoms with Crippen molar-refractivity contribution >= 4 is 17.5 Å². The van der Waals surface area contributed by atoms with Crippen LogP contribution in [0.1, 0.15) is 28.0 Å². The second-order valence-electron chi connectivity index (χ2n) is 7.52. The molecule has 168 valence electrons. The molecule has 8 nitrogen and oxygen atoms in total. The van der Waals surface area contributed by atoms with Crippen LogP contribution in [0.15, 0.2) is 48.5 Å². The molecule has 1 atom stereocenters. The van der Waals surface area contributed by atoms with Crippen molar-refractivity contribution in [2.45, 2.75) is 13.0 Å². The topological polar surface area (TPSA) is 81.5 Å². The SMILES string of the molecule is COc1ccc([C@H](CNC(=O)c2nc(C)n(-c3ccc(Cl)cc3)n2)N2CCOCC2)cc1. The first-order valence-electron chi connectivity index (χ1n) is 10.5. The molecule has 2 heterocycles. The van der Waals surface area contributed by atoms with Gasteiger partial charge in [-0.2, -0.15) is 0 Å². The molecule has 3 aromatic rings. The number of nitrogens with zero attached hydrogens (tertiary/aromatic N) is 4. The van der Waals surface area contributed by atoms with Crippen molar-refractivity contribution in [3.05, 3.63) is 70.8 Å². The number of aryl methyl sites for hydroxylation is 1. The lowest BCUT2D eigenvalue weighted by molar-refractivity contribution is 0.0162. The first-order chi connectivity index (χ1) is 15.5. The fourth-order valence-electron chi connectivity index (χ4n) is 3.75. The zero-order valence-corrected chi connectivity index (χ0v) is 18.9. The van der Waals surface area contributed by atoms with Crippen LogP contribution in [0.4, 0.5) is 0 Å². The number of methoxy groups -OCH3 is 1. The van der Waals surface area contributed by atoms with Crippen LogP contribution in [-0.2, 0) is 4.74 Å². The fourth-order valence-corrected chi connectivity index (χ4v) is 3.88. The van der Waals surface area contributed by atoms with Gasteiger partial charge in [-0.1, -0.05) is 23.7 Å². The van der Waals surface area contributed by atoms with Gasteiger partial charge in [-0.05, 0) is 48.9 Å². The highest BCUT2D eigenvalue weighted by molar-refractivity contribution is 6.30. The Morgan fingerprint density at radius 3 is 2.50 bits per heavy atom. The number of ether oxygens (including phenoxy) is 2. The summed E-state index contributed by atoms with van der Waals surface area (Å²) in [4.78, 5) is 19.5. The van der Waals surface area contributed by atoms with Crippen LogP contribution in [0.5, 0.6) is 5.75 Å². The predicted molar refractivity (Wildman–Crippen MR) is 122 cm³/mol. The van der Waals surface area contributed by atoms with E-state index in [2.05, 4.69) is 20.3 Å². The molecule has 0 saturated carbocycles. The number of hydrogen-bond acceptors (Lipinski definition) is 6. The van der Waals surface area contributed by atoms with Gasteiger partial charge in [0.1, 0.15) is 11.6 Å². The van der Waals surface area contributed by atoms with E-state index in [9.17, 15) is 4.79 Å². The van der Waals surface area contributed by atoms with E-state index in [-0.39, 0.29) is 17.8 Å². The van der Waals surface area contributed by atoms with E-state index in [4.69, 9.17) is 21.1 Å². The Hall–Kier alpha value is -2.94. The number of benzene rings is 2. The van der Waals surface area contributed by atoms with Gasteiger partial charge in [0.15, 0.2) is 0 Å². The molecule has 0 bridgehead atoms. The average molecular weight is 456 g/mol. The molecule has 0 radical (unpaired) electrons. The van der Waals surface area contributed by atoms with Crippen molar-refractivity contribution in [1.82, 2.24) is 25.0 Å². The van der Waals surface area contributed by atoms with Gasteiger partial charge in [0.2, 0.25) is 5.82 Å². The normalized spacial score (nSPS) is 15.3. The fraction of sp³-hybridized carbons (Fsp3) is 0.348. The van der Waals surface area contributed by atoms with Crippen LogP contribution in [0, 0.1) is 6.92 Å². The molecule has 2 aromatic carbocycles. The summed E-state index contributed by atoms with van der Waals surface area (Å²) in [7, 11) is 1.65. The van der Waals surface area contributed by atoms with Crippen molar-refractivity contribution in [1.29, 1.82) is 0 Å². The maximum absolute atomic E-state index is 12.9. The molecule has 1 aliphatic rings. The second kappa shape index (κ2) is 10.1. The van der Waals surface area contributed by atoms with E-state index in [0.717, 1.165) is 30.1 Å². The Bertz CT molecular complexity index is 1050. The number of carbonyl (C=O) groups is 1. The molecular weight excluding hydrogens is 430 g/mol. The standard InChI is InChI=1S/C23H26ClN5O3/c1-16-26-22(27-29(16)19-7-5-18(24)6-8-19)23(30)25-15-21(28-11-13-32-14-12-28)17-3-9-20(31-2)10-4-17/h3-10,21H,11-15H2,1-2H3,(H,25,30)/t21-/m0/s1. The van der Waals surface area contributed by atoms with Gasteiger partial charge < -0.3 is 14.8 Å². The summed E-state index contributed by atoms with van der Waals surface area (Å²) in [5.41, 5.74) is 1.90. The summed E-state index contributed by atoms with van der Waals surface area (Å²) in [5.74, 6) is 1.24. The number of hydrogen-bond donors (Lipinski definition) is 1. The largest absolute Gasteiger partial charge is 0.497 e. The van der Waals surface area contributed by atoms with Crippen molar-refractivity contribution in [2.24, 2.45) is 0 Å². The summed E-state index contributed by atoms with van der Waals surface area (Å²) in [6.07, 6.45) is 0. The minimum atomic E-state index is -0.312. The lowest BCUT2D eigenvalue weighted by atomic mass is 10.0. The Kier molecular flexibility index (Phi) is 7.04. The number of morpholine rings is 1. The number of rotatable bonds is 7. The van der Waals surface area contributed by atoms with Gasteiger partial charge in [-0.25, -0.2) is 9.67 Å². The highest BCUT2D eigenvalue weighted by Gasteiger charge is 2.24. The van der Waals surface area contributed by atoms with Gasteiger partial charge >= 0.3 is 0 Å². The van der Waals surface area contributed by atoms with Crippen molar-refractivity contribution in [3.63, 3.8) is 0 Å². The summed E-state index contributed by atoms with van der Waals surface area (Å²) in [6.45, 7) is 5.19. The average Bonchev–Trinajstić information content (AvgIpc) is 3.22. The van der Waals surface area contributed by atoms with E-state index in [0.29, 0.717) is 30.6 Å². The van der Waals surface area contributed by atoms with Gasteiger partial charge in [0.05, 0.1) is 32.1 Å². The Balaban J connectivity index is 1.49. The molecule has 1 saturated heterocycles. The molecular formula is C23H26ClN5O3. The van der Waals surface area contributed by atoms with Crippen LogP contribution in [0.2, 0.25) is 5.02 Å². The number of aromatic nitrogens is 3. The Morgan fingerprint density at radius 1 is 1.16 bits per heavy atom. The molecule has 32 heavy (non-hydrogen) atoms. The molecule has 1 amide bonds. The van der Waals surface area contributed by atoms with Gasteiger partial charge in [0.25, 0.3) is 5.91 Å². The van der Waals surface area contributed by atoms with Crippen LogP contribution in [0.3, 0.4) is 0 Å². The van der Waals surface area contributed by atoms with Crippen LogP contribution in [-0.4, -0.2) is 65.5 Å². The minimum absolute atomic E-state index is 0.00760. The van der Waals surface area contributed by atoms with Crippen molar-refractivity contribution in [3.8, 4) is 11.4 Å². The molecule has 0 unspecified atom stereocenters. The number of carbonyl (C=O) groups excluding carboxylic acids is 1. The van der Waals surface area contributed by atoms with E-state index < -0.39 is 0 Å². The summed E-state index contributed by atoms with van der Waals surface area (Å²) in [5, 5.41) is 8.04. The molecule has 4 rings (SSSR count). The van der Waals surface area contributed by atoms with E-state index in [1.165, 1.54) is 0 Å². The molecule has 1 fully saturated rings. The molecule has 1 aliphatic heterocycles. The van der Waals surface area contributed by atoms with Gasteiger partial charge in [-0.15, -0.1) is 5.10 Å². The van der Waals surface area contributed by atoms with Gasteiger partial charge in [-0.3, -0.25) is 9.69 Å². The minimum Gasteiger partial charge on any atom is -0.497 e. The number of nitrogens with one attached hydrogen (secondary N) is 1. The van der Waals surface area contributed by atoms with Crippen LogP contribution >= 0.6 is 11.6 Å². The van der Waals surface area contributed by atoms with E-state index in [1.807, 2.05) is 43.3 Å². The van der Waals surface area contributed by atoms with E-state index in [1.54, 1.807) is 23.9 Å². The van der Waals surface area contributed by atoms with E-state index >= 15 is 0 Å². The third kappa shape index (κ3) is 5.09. The highest BCUT2D eigenvalue weighted by Crippen LogP contribution is 2.24. The maximum atomic E-state index is 12.9. The predicted octanol–water partition coefficient (Wildman–Crippen LogP) is 3.04. The monoisotopic (exact) mass is 455 g/mol. The lowest BCUT2D eigenvalue weighted by Crippen LogP contribution is -2.44. The quantitative estimate of drug-likeness (QED) is 0.589. The first kappa shape index (κ1) is 22.3. The highest BCUT2D eigenvalue weighted by atomic mass is 35.5. The van der Waals surface area contributed by atoms with Crippen LogP contribution in [0.25, 0.3) is 5.69 Å². The number of amides is 1. The third-order valence-electron chi connectivity index (χ3n) is 5.49. The van der Waals surface area contributed by atoms with Crippen molar-refractivity contribution < 1.29 is 14.3 Å². The molecule has 9 heteroatoms. The Labute approximate surface area is 192 Å². The smallest absolute Gasteiger partial charge is 0.291 e. The number of halogens is 1. The molecule has 0 aliphatic carbocycles. The zero-order chi connectivity index (χ0) is 22.5. The maximum Gasteiger partial charge on any atom is 0.291 e. The van der Waals surface area contributed by atoms with Crippen molar-refractivity contribution in [2.75, 3.05) is 40.0 Å². The molecule has 1 aromatic heterocycles. The summed E-state index contributed by atoms with van der Waals surface area (Å²) >= 11 is 5.97. The van der Waals surface area contributed by atoms with Gasteiger partial charge in [0, 0.05) is 24.7 Å². The molecule has 0 spiro atoms. The summed E-state index contributed by atoms with van der Waals surface area (Å²) in [6, 6.07) is 15.2. The Morgan fingerprint density at radius 2 is 1.84 bits per heavy atom. The second-order valence-corrected chi connectivity index (χ2v) is 7.95. The third-order valence-corrected chi connectivity index (χ3v) is 5.74. The van der Waals surface area contributed by atoms with Crippen LogP contribution < -0.4 is 10.1 Å². The summed E-state index contributed by atoms with van der Waals surface area (Å²) < 4.78 is 12.4. The zero-order valence-electron chi connectivity index (χ0n) is 18.1.